The highest BCUT2D eigenvalue weighted by atomic mass is 127. The van der Waals surface area contributed by atoms with Crippen molar-refractivity contribution in [2.45, 2.75) is 46.7 Å². The number of aromatic hydroxyl groups is 1. The molecule has 1 aromatic rings. The van der Waals surface area contributed by atoms with E-state index in [1.54, 1.807) is 26.0 Å². The van der Waals surface area contributed by atoms with E-state index in [9.17, 15) is 19.3 Å². The first-order valence-electron chi connectivity index (χ1n) is 10.6. The summed E-state index contributed by atoms with van der Waals surface area (Å²) >= 11 is 2.03. The van der Waals surface area contributed by atoms with Crippen LogP contribution in [0.25, 0.3) is 0 Å². The number of urea groups is 1. The van der Waals surface area contributed by atoms with Crippen molar-refractivity contribution < 1.29 is 33.0 Å². The first-order chi connectivity index (χ1) is 15.1. The molecule has 1 aromatic carbocycles. The van der Waals surface area contributed by atoms with Crippen molar-refractivity contribution >= 4 is 42.2 Å². The molecule has 0 saturated heterocycles. The van der Waals surface area contributed by atoms with E-state index < -0.39 is 25.6 Å². The second-order valence-corrected chi connectivity index (χ2v) is 11.0. The summed E-state index contributed by atoms with van der Waals surface area (Å²) in [5.41, 5.74) is 1.65. The van der Waals surface area contributed by atoms with Crippen LogP contribution in [0.15, 0.2) is 12.1 Å². The van der Waals surface area contributed by atoms with E-state index in [0.29, 0.717) is 10.1 Å². The number of rotatable bonds is 9. The number of phenols is 1. The standard InChI is InChI=1S/C21H32IN2O7P/c1-6-30-32(28,31-7-2)13-23(11-14(3)4)21(27)24-12-16-15(8-9-18(25)19(16)22)10-17(24)20(26)29-5/h8-9,14,17,25H,6-7,10-13H2,1-5H3/t17-/m0/s1. The summed E-state index contributed by atoms with van der Waals surface area (Å²) in [5.74, 6) is -0.340. The minimum absolute atomic E-state index is 0.0773. The maximum absolute atomic E-state index is 13.7. The largest absolute Gasteiger partial charge is 0.507 e. The average Bonchev–Trinajstić information content (AvgIpc) is 2.74. The lowest BCUT2D eigenvalue weighted by molar-refractivity contribution is -0.146. The van der Waals surface area contributed by atoms with Crippen LogP contribution in [-0.2, 0) is 36.1 Å². The molecule has 11 heteroatoms. The smallest absolute Gasteiger partial charge is 0.349 e. The number of hydrogen-bond donors (Lipinski definition) is 1. The summed E-state index contributed by atoms with van der Waals surface area (Å²) in [7, 11) is -2.27. The number of methoxy groups -OCH3 is 1. The average molecular weight is 582 g/mol. The monoisotopic (exact) mass is 582 g/mol. The fraction of sp³-hybridized carbons (Fsp3) is 0.619. The zero-order valence-electron chi connectivity index (χ0n) is 19.2. The fourth-order valence-electron chi connectivity index (χ4n) is 3.70. The van der Waals surface area contributed by atoms with Gasteiger partial charge >= 0.3 is 19.6 Å². The lowest BCUT2D eigenvalue weighted by Crippen LogP contribution is -2.54. The quantitative estimate of drug-likeness (QED) is 0.265. The Morgan fingerprint density at radius 1 is 1.28 bits per heavy atom. The normalized spacial score (nSPS) is 16.1. The first kappa shape index (κ1) is 26.9. The molecule has 0 aliphatic carbocycles. The summed E-state index contributed by atoms with van der Waals surface area (Å²) in [6, 6.07) is 2.04. The third kappa shape index (κ3) is 6.36. The van der Waals surface area contributed by atoms with Crippen molar-refractivity contribution in [2.24, 2.45) is 5.92 Å². The maximum Gasteiger partial charge on any atom is 0.349 e. The van der Waals surface area contributed by atoms with Crippen LogP contribution >= 0.6 is 30.2 Å². The third-order valence-corrected chi connectivity index (χ3v) is 8.20. The van der Waals surface area contributed by atoms with Crippen LogP contribution in [0, 0.1) is 9.49 Å². The van der Waals surface area contributed by atoms with Gasteiger partial charge in [-0.15, -0.1) is 0 Å². The molecule has 2 amide bonds. The Hall–Kier alpha value is -1.36. The second kappa shape index (κ2) is 11.7. The molecule has 1 atom stereocenters. The van der Waals surface area contributed by atoms with Crippen LogP contribution in [0.2, 0.25) is 0 Å². The van der Waals surface area contributed by atoms with Crippen LogP contribution < -0.4 is 0 Å². The summed E-state index contributed by atoms with van der Waals surface area (Å²) in [5, 5.41) is 10.1. The molecule has 1 heterocycles. The van der Waals surface area contributed by atoms with Gasteiger partial charge in [-0.2, -0.15) is 0 Å². The lowest BCUT2D eigenvalue weighted by Gasteiger charge is -2.39. The van der Waals surface area contributed by atoms with E-state index in [-0.39, 0.29) is 44.1 Å². The molecular weight excluding hydrogens is 550 g/mol. The van der Waals surface area contributed by atoms with Gasteiger partial charge in [-0.1, -0.05) is 19.9 Å². The molecule has 2 rings (SSSR count). The van der Waals surface area contributed by atoms with Gasteiger partial charge in [0.15, 0.2) is 0 Å². The van der Waals surface area contributed by atoms with Crippen LogP contribution in [0.4, 0.5) is 4.79 Å². The molecule has 1 aliphatic rings. The number of carbonyl (C=O) groups excluding carboxylic acids is 2. The number of nitrogens with zero attached hydrogens (tertiary/aromatic N) is 2. The SMILES string of the molecule is CCOP(=O)(CN(CC(C)C)C(=O)N1Cc2c(ccc(O)c2I)C[C@H]1C(=O)OC)OCC. The third-order valence-electron chi connectivity index (χ3n) is 5.01. The predicted molar refractivity (Wildman–Crippen MR) is 129 cm³/mol. The van der Waals surface area contributed by atoms with Gasteiger partial charge in [0.2, 0.25) is 0 Å². The molecule has 32 heavy (non-hydrogen) atoms. The van der Waals surface area contributed by atoms with Gasteiger partial charge in [-0.05, 0) is 59.5 Å². The number of fused-ring (bicyclic) bond motifs is 1. The molecule has 0 spiro atoms. The number of amides is 2. The molecule has 9 nitrogen and oxygen atoms in total. The number of carbonyl (C=O) groups is 2. The van der Waals surface area contributed by atoms with Gasteiger partial charge in [-0.3, -0.25) is 4.57 Å². The first-order valence-corrected chi connectivity index (χ1v) is 13.4. The molecule has 0 unspecified atom stereocenters. The molecule has 0 bridgehead atoms. The van der Waals surface area contributed by atoms with Crippen molar-refractivity contribution in [3.05, 3.63) is 26.8 Å². The van der Waals surface area contributed by atoms with Crippen LogP contribution in [0.5, 0.6) is 5.75 Å². The Morgan fingerprint density at radius 3 is 2.44 bits per heavy atom. The second-order valence-electron chi connectivity index (χ2n) is 7.89. The number of ether oxygens (including phenoxy) is 1. The van der Waals surface area contributed by atoms with E-state index in [1.165, 1.54) is 16.9 Å². The van der Waals surface area contributed by atoms with Gasteiger partial charge in [0.25, 0.3) is 0 Å². The molecule has 0 radical (unpaired) electrons. The highest BCUT2D eigenvalue weighted by Crippen LogP contribution is 2.49. The van der Waals surface area contributed by atoms with Crippen molar-refractivity contribution in [1.82, 2.24) is 9.80 Å². The van der Waals surface area contributed by atoms with Crippen LogP contribution in [0.3, 0.4) is 0 Å². The van der Waals surface area contributed by atoms with Gasteiger partial charge in [-0.25, -0.2) is 9.59 Å². The predicted octanol–water partition coefficient (Wildman–Crippen LogP) is 4.20. The Morgan fingerprint density at radius 2 is 1.91 bits per heavy atom. The van der Waals surface area contributed by atoms with Crippen molar-refractivity contribution in [2.75, 3.05) is 33.2 Å². The summed E-state index contributed by atoms with van der Waals surface area (Å²) < 4.78 is 29.6. The lowest BCUT2D eigenvalue weighted by atomic mass is 9.94. The van der Waals surface area contributed by atoms with Gasteiger partial charge in [0, 0.05) is 19.5 Å². The van der Waals surface area contributed by atoms with E-state index in [0.717, 1.165) is 11.1 Å². The van der Waals surface area contributed by atoms with Crippen LogP contribution in [0.1, 0.15) is 38.8 Å². The van der Waals surface area contributed by atoms with E-state index in [2.05, 4.69) is 0 Å². The van der Waals surface area contributed by atoms with E-state index >= 15 is 0 Å². The van der Waals surface area contributed by atoms with E-state index in [4.69, 9.17) is 13.8 Å². The zero-order chi connectivity index (χ0) is 24.1. The van der Waals surface area contributed by atoms with Crippen molar-refractivity contribution in [3.63, 3.8) is 0 Å². The van der Waals surface area contributed by atoms with Gasteiger partial charge < -0.3 is 28.7 Å². The molecule has 0 aromatic heterocycles. The van der Waals surface area contributed by atoms with E-state index in [1.807, 2.05) is 36.4 Å². The molecule has 180 valence electrons. The number of hydrogen-bond acceptors (Lipinski definition) is 7. The highest BCUT2D eigenvalue weighted by Gasteiger charge is 2.40. The Bertz CT molecular complexity index is 870. The minimum Gasteiger partial charge on any atom is -0.507 e. The summed E-state index contributed by atoms with van der Waals surface area (Å²) in [4.78, 5) is 29.1. The number of phenolic OH excluding ortho intramolecular Hbond substituents is 1. The number of halogens is 1. The highest BCUT2D eigenvalue weighted by molar-refractivity contribution is 14.1. The zero-order valence-corrected chi connectivity index (χ0v) is 22.2. The van der Waals surface area contributed by atoms with Gasteiger partial charge in [0.05, 0.1) is 23.9 Å². The molecule has 0 fully saturated rings. The number of esters is 1. The molecular formula is C21H32IN2O7P. The molecule has 1 aliphatic heterocycles. The number of benzene rings is 1. The van der Waals surface area contributed by atoms with Crippen LogP contribution in [-0.4, -0.2) is 66.1 Å². The van der Waals surface area contributed by atoms with Crippen molar-refractivity contribution in [1.29, 1.82) is 0 Å². The fourth-order valence-corrected chi connectivity index (χ4v) is 6.07. The Kier molecular flexibility index (Phi) is 9.81. The summed E-state index contributed by atoms with van der Waals surface area (Å²) in [6.07, 6.45) is 0.0359. The van der Waals surface area contributed by atoms with Gasteiger partial charge in [0.1, 0.15) is 18.1 Å². The van der Waals surface area contributed by atoms with Crippen molar-refractivity contribution in [3.8, 4) is 5.75 Å². The Labute approximate surface area is 203 Å². The molecule has 0 saturated carbocycles. The maximum atomic E-state index is 13.7. The minimum atomic E-state index is -3.55. The molecule has 1 N–H and O–H groups in total. The summed E-state index contributed by atoms with van der Waals surface area (Å²) in [6.45, 7) is 8.08. The topological polar surface area (TPSA) is 106 Å². The Balaban J connectivity index is 2.45.